The maximum absolute atomic E-state index is 13.1. The van der Waals surface area contributed by atoms with Crippen LogP contribution < -0.4 is 20.7 Å². The van der Waals surface area contributed by atoms with Gasteiger partial charge in [0, 0.05) is 42.3 Å². The van der Waals surface area contributed by atoms with Gasteiger partial charge in [0.2, 0.25) is 20.0 Å². The van der Waals surface area contributed by atoms with Crippen molar-refractivity contribution in [3.05, 3.63) is 246 Å². The van der Waals surface area contributed by atoms with Gasteiger partial charge in [-0.25, -0.2) is 16.8 Å². The Morgan fingerprint density at radius 2 is 0.789 bits per heavy atom. The van der Waals surface area contributed by atoms with Gasteiger partial charge < -0.3 is 5.11 Å². The van der Waals surface area contributed by atoms with E-state index in [1.807, 2.05) is 91.0 Å². The van der Waals surface area contributed by atoms with Gasteiger partial charge in [-0.2, -0.15) is 17.4 Å². The van der Waals surface area contributed by atoms with Gasteiger partial charge in [0.05, 0.1) is 77.6 Å². The molecule has 6 N–H and O–H groups in total. The highest BCUT2D eigenvalue weighted by Crippen LogP contribution is 2.39. The molecule has 494 valence electrons. The Morgan fingerprint density at radius 3 is 1.15 bits per heavy atom. The summed E-state index contributed by atoms with van der Waals surface area (Å²) in [5, 5.41) is 39.9. The van der Waals surface area contributed by atoms with Crippen molar-refractivity contribution in [1.82, 2.24) is 25.0 Å². The molecule has 0 bridgehead atoms. The van der Waals surface area contributed by atoms with Gasteiger partial charge in [0.15, 0.2) is 0 Å². The highest BCUT2D eigenvalue weighted by atomic mass is 32.2. The number of nitro groups is 2. The van der Waals surface area contributed by atoms with Gasteiger partial charge in [0.1, 0.15) is 0 Å². The maximum atomic E-state index is 13.1. The van der Waals surface area contributed by atoms with E-state index < -0.39 is 70.2 Å². The molecule has 5 aliphatic rings. The van der Waals surface area contributed by atoms with E-state index in [-0.39, 0.29) is 34.3 Å². The zero-order valence-electron chi connectivity index (χ0n) is 57.2. The molecular formula is C73H77N7O12S3. The quantitative estimate of drug-likeness (QED) is 0.0241. The van der Waals surface area contributed by atoms with E-state index in [1.165, 1.54) is 28.8 Å². The third kappa shape index (κ3) is 22.4. The lowest BCUT2D eigenvalue weighted by Gasteiger charge is -2.27. The minimum atomic E-state index is -4.11. The monoisotopic (exact) mass is 1340 g/mol. The van der Waals surface area contributed by atoms with Crippen LogP contribution in [0.15, 0.2) is 180 Å². The second kappa shape index (κ2) is 37.0. The van der Waals surface area contributed by atoms with Crippen LogP contribution in [0.3, 0.4) is 0 Å². The fraction of sp³-hybridized carbons (Fsp3) is 0.288. The minimum Gasteiger partial charge on any atom is -0.388 e. The highest BCUT2D eigenvalue weighted by Gasteiger charge is 2.36. The van der Waals surface area contributed by atoms with Crippen LogP contribution in [-0.4, -0.2) is 88.0 Å². The van der Waals surface area contributed by atoms with Gasteiger partial charge in [-0.3, -0.25) is 40.7 Å². The molecule has 5 aliphatic carbocycles. The highest BCUT2D eigenvalue weighted by molar-refractivity contribution is 7.89. The first kappa shape index (κ1) is 67.1. The summed E-state index contributed by atoms with van der Waals surface area (Å²) < 4.78 is 119. The van der Waals surface area contributed by atoms with Crippen LogP contribution in [-0.2, 0) is 62.3 Å². The average molecular weight is 1350 g/mol. The third-order valence-corrected chi connectivity index (χ3v) is 18.2. The summed E-state index contributed by atoms with van der Waals surface area (Å²) in [7, 11) is -11.5. The number of aliphatic hydroxyl groups is 1. The van der Waals surface area contributed by atoms with Crippen LogP contribution in [0.5, 0.6) is 0 Å². The summed E-state index contributed by atoms with van der Waals surface area (Å²) in [4.78, 5) is 19.7. The minimum absolute atomic E-state index is 0.0617. The number of non-ortho nitro benzene ring substituents is 2. The normalized spacial score (nSPS) is 21.7. The van der Waals surface area contributed by atoms with Crippen LogP contribution in [0.2, 0.25) is 0 Å². The number of hydrogen-bond donors (Lipinski definition) is 6. The molecule has 7 aromatic carbocycles. The first-order chi connectivity index (χ1) is 47.3. The topological polar surface area (TPSA) is 281 Å². The Balaban J connectivity index is 0.000000190. The van der Waals surface area contributed by atoms with Gasteiger partial charge in [-0.15, -0.1) is 32.1 Å². The van der Waals surface area contributed by atoms with E-state index in [0.29, 0.717) is 50.7 Å². The van der Waals surface area contributed by atoms with E-state index in [1.54, 1.807) is 12.1 Å². The predicted molar refractivity (Wildman–Crippen MR) is 371 cm³/mol. The molecule has 0 saturated carbocycles. The van der Waals surface area contributed by atoms with E-state index in [0.717, 1.165) is 119 Å². The predicted octanol–water partition coefficient (Wildman–Crippen LogP) is 10.3. The van der Waals surface area contributed by atoms with Crippen molar-refractivity contribution < 1.29 is 51.6 Å². The lowest BCUT2D eigenvalue weighted by atomic mass is 10.1. The molecule has 0 radical (unpaired) electrons. The maximum Gasteiger partial charge on any atom is 0.269 e. The van der Waals surface area contributed by atoms with Crippen molar-refractivity contribution in [2.24, 2.45) is 0 Å². The zero-order chi connectivity index (χ0) is 73.6. The summed E-state index contributed by atoms with van der Waals surface area (Å²) in [5.74, 6) is 12.0. The summed E-state index contributed by atoms with van der Waals surface area (Å²) in [5.41, 5.74) is 10.1. The molecule has 95 heavy (non-hydrogen) atoms. The molecule has 5 atom stereocenters. The molecule has 7 aromatic rings. The molecule has 0 aliphatic heterocycles. The Labute approximate surface area is 565 Å². The molecule has 0 spiro atoms. The van der Waals surface area contributed by atoms with E-state index in [4.69, 9.17) is 43.5 Å². The second-order valence-corrected chi connectivity index (χ2v) is 26.4. The van der Waals surface area contributed by atoms with Gasteiger partial charge in [-0.05, 0) is 144 Å². The van der Waals surface area contributed by atoms with E-state index in [9.17, 15) is 50.6 Å². The average Bonchev–Trinajstić information content (AvgIpc) is 1.48. The standard InChI is InChI=1S/C18H16N2O4S.3C12H13N.C9H8N2O4S.C9H10O.CH4O3S/c1-2-13-19(18-12-7-14-5-3-4-6-17(14)18)25(23,24)16-10-8-15(9-11-16)20(21)22;3*1-2-9-13-12-8-7-10-5-3-4-6-11(10)12;1-2-7-10-16(14,15)9-5-3-8(4-6-9)11(12)13;10-9-6-5-7-3-1-2-4-8(7)9;1-5(2,3)4/h1,3-6,8-11,18H,7,12-13H2;3*1,3-6,12-13H,7-9H2;1,3-6,10H,7H2;1-4,9-10H,5-6H2;1H3,(H,2,3,4)/t;2*12-;;;;/m.11..../s1/i18D;3*12D;;9D;. The summed E-state index contributed by atoms with van der Waals surface area (Å²) in [6.45, 7) is 0.976. The van der Waals surface area contributed by atoms with Crippen molar-refractivity contribution in [2.75, 3.05) is 39.0 Å². The number of fused-ring (bicyclic) bond motifs is 5. The molecule has 19 nitrogen and oxygen atoms in total. The van der Waals surface area contributed by atoms with Crippen molar-refractivity contribution in [3.63, 3.8) is 0 Å². The molecule has 22 heteroatoms. The largest absolute Gasteiger partial charge is 0.388 e. The number of hydrogen-bond acceptors (Lipinski definition) is 14. The summed E-state index contributed by atoms with van der Waals surface area (Å²) in [6.07, 6.45) is 32.8. The molecule has 0 fully saturated rings. The Hall–Kier alpha value is -9.29. The van der Waals surface area contributed by atoms with Crippen LogP contribution in [0.4, 0.5) is 11.4 Å². The molecule has 0 heterocycles. The number of terminal acetylenes is 5. The lowest BCUT2D eigenvalue weighted by Crippen LogP contribution is -2.34. The van der Waals surface area contributed by atoms with Crippen molar-refractivity contribution >= 4 is 41.5 Å². The number of rotatable bonds is 15. The first-order valence-electron chi connectivity index (χ1n) is 32.3. The number of nitrogens with one attached hydrogen (secondary N) is 4. The molecular weight excluding hydrogens is 1260 g/mol. The van der Waals surface area contributed by atoms with Gasteiger partial charge in [0.25, 0.3) is 21.5 Å². The third-order valence-electron chi connectivity index (χ3n) is 15.0. The number of aryl methyl sites for hydroxylation is 5. The molecule has 0 saturated heterocycles. The summed E-state index contributed by atoms with van der Waals surface area (Å²) in [6, 6.07) is 44.7. The molecule has 12 rings (SSSR count). The second-order valence-electron chi connectivity index (χ2n) is 21.3. The van der Waals surface area contributed by atoms with Crippen LogP contribution in [0.25, 0.3) is 0 Å². The number of benzene rings is 7. The number of sulfonamides is 2. The fourth-order valence-corrected chi connectivity index (χ4v) is 13.0. The van der Waals surface area contributed by atoms with Crippen molar-refractivity contribution in [2.45, 2.75) is 104 Å². The smallest absolute Gasteiger partial charge is 0.269 e. The van der Waals surface area contributed by atoms with E-state index in [2.05, 4.69) is 68.5 Å². The van der Waals surface area contributed by atoms with Crippen LogP contribution in [0, 0.1) is 81.9 Å². The fourth-order valence-electron chi connectivity index (χ4n) is 10.6. The molecule has 0 amide bonds. The number of nitro benzene ring substituents is 2. The van der Waals surface area contributed by atoms with Gasteiger partial charge >= 0.3 is 0 Å². The SMILES string of the molecule is C#CCNS(=O)(=O)c1ccc([N+](=O)[O-])cc1.CS(=O)(=O)O.[2H]C1(N(CC#C)S(=O)(=O)c2ccc([N+](=O)[O-])cc2)CCc2ccccc21.[2H]C1(NCC#C)CCc2ccccc21.[2H]C1(O)CCc2ccccc21.[2H][C@@]1(NCC#C)CCc2ccccc21.[2H][C@@]1(NCC#C)CCc2ccccc21. The van der Waals surface area contributed by atoms with E-state index >= 15 is 0 Å². The Morgan fingerprint density at radius 1 is 0.474 bits per heavy atom. The lowest BCUT2D eigenvalue weighted by molar-refractivity contribution is -0.385. The summed E-state index contributed by atoms with van der Waals surface area (Å²) >= 11 is 0. The first-order valence-corrected chi connectivity index (χ1v) is 34.5. The Kier molecular flexibility index (Phi) is 26.1. The zero-order valence-corrected chi connectivity index (χ0v) is 54.7. The Bertz CT molecular complexity index is 4430. The van der Waals surface area contributed by atoms with Gasteiger partial charge in [-0.1, -0.05) is 151 Å². The molecule has 0 aromatic heterocycles. The van der Waals surface area contributed by atoms with Crippen molar-refractivity contribution in [1.29, 1.82) is 0 Å². The van der Waals surface area contributed by atoms with Crippen LogP contribution >= 0.6 is 0 Å². The van der Waals surface area contributed by atoms with Crippen molar-refractivity contribution in [3.8, 4) is 61.7 Å². The number of nitrogens with zero attached hydrogens (tertiary/aromatic N) is 3. The molecule has 3 unspecified atom stereocenters. The van der Waals surface area contributed by atoms with Crippen LogP contribution in [0.1, 0.15) is 125 Å².